The summed E-state index contributed by atoms with van der Waals surface area (Å²) < 4.78 is 60.6. The second-order valence-corrected chi connectivity index (χ2v) is 41.3. The molecule has 113 heavy (non-hydrogen) atoms. The van der Waals surface area contributed by atoms with Crippen LogP contribution in [0.15, 0.2) is 0 Å². The van der Waals surface area contributed by atoms with Crippen LogP contribution in [0, 0.1) is 16.2 Å². The first kappa shape index (κ1) is 91.8. The number of carbonyl (C=O) groups is 3. The average Bonchev–Trinajstić information content (AvgIpc) is 1.69. The van der Waals surface area contributed by atoms with E-state index in [2.05, 4.69) is 108 Å². The number of halogens is 3. The molecule has 3 N–H and O–H groups in total. The van der Waals surface area contributed by atoms with Crippen LogP contribution in [0.3, 0.4) is 0 Å². The van der Waals surface area contributed by atoms with Crippen molar-refractivity contribution in [3.63, 3.8) is 0 Å². The number of aliphatic hydroxyl groups excluding tert-OH is 3. The molecule has 0 spiro atoms. The van der Waals surface area contributed by atoms with E-state index in [0.29, 0.717) is 86.4 Å². The molecule has 0 aromatic carbocycles. The van der Waals surface area contributed by atoms with Crippen molar-refractivity contribution < 1.29 is 62.1 Å². The minimum absolute atomic E-state index is 0.0259. The molecule has 6 aromatic rings. The number of nitrogens with zero attached hydrogens (tertiary/aromatic N) is 18. The van der Waals surface area contributed by atoms with Gasteiger partial charge in [0, 0.05) is 57.6 Å². The molecule has 0 bridgehead atoms. The molecule has 0 radical (unpaired) electrons. The highest BCUT2D eigenvalue weighted by atomic mass is 35.5. The van der Waals surface area contributed by atoms with Gasteiger partial charge in [-0.05, 0) is 138 Å². The molecule has 632 valence electrons. The van der Waals surface area contributed by atoms with Gasteiger partial charge in [0.1, 0.15) is 53.5 Å². The van der Waals surface area contributed by atoms with Crippen molar-refractivity contribution in [2.24, 2.45) is 16.2 Å². The first-order valence-electron chi connectivity index (χ1n) is 38.7. The average molecular weight is 1720 g/mol. The van der Waals surface area contributed by atoms with Crippen molar-refractivity contribution in [3.05, 3.63) is 65.0 Å². The Morgan fingerprint density at radius 2 is 0.673 bits per heavy atom. The third-order valence-electron chi connectivity index (χ3n) is 21.2. The second-order valence-electron chi connectivity index (χ2n) is 35.6. The van der Waals surface area contributed by atoms with E-state index in [-0.39, 0.29) is 70.3 Å². The number of ether oxygens (including phenoxy) is 3. The van der Waals surface area contributed by atoms with Gasteiger partial charge in [0.05, 0.1) is 71.6 Å². The summed E-state index contributed by atoms with van der Waals surface area (Å²) >= 11 is 25.3. The SMILES string of the molecule is CCc1c(Cl)nc(C(=O)N([C@@H]2CCN(c3nnc([C@H](C)O)s3)C(C(C)(C)C)[C@H]2OC)C(C)(C)C)n1COP(=O)(OCn1c(C(=O)N([C@@H]2CCN(c3nnc([C@H](C)O)s3)C(C(C)(C)C)[C@H]2OC)C(C)(C)C)nc(Cl)c1CC)OCn1c(C(=O)N([C@@H]2CCN(c3nnc([C@H](C)O)s3)C(C(C)(C)C)[C@H]2OC)C(C)(C)C)nc(Cl)c1CC. The van der Waals surface area contributed by atoms with Crippen molar-refractivity contribution in [2.75, 3.05) is 55.7 Å². The van der Waals surface area contributed by atoms with Crippen LogP contribution in [0.25, 0.3) is 0 Å². The number of hydrogen-bond acceptors (Lipinski definition) is 28. The Hall–Kier alpha value is -5.14. The van der Waals surface area contributed by atoms with Gasteiger partial charge in [-0.1, -0.05) is 152 Å². The summed E-state index contributed by atoms with van der Waals surface area (Å²) in [6, 6.07) is -2.92. The summed E-state index contributed by atoms with van der Waals surface area (Å²) in [5.41, 5.74) is -3.15. The molecule has 9 heterocycles. The highest BCUT2D eigenvalue weighted by molar-refractivity contribution is 7.48. The predicted molar refractivity (Wildman–Crippen MR) is 439 cm³/mol. The van der Waals surface area contributed by atoms with Gasteiger partial charge < -0.3 is 58.9 Å². The largest absolute Gasteiger partial charge is 0.480 e. The van der Waals surface area contributed by atoms with Crippen LogP contribution in [0.4, 0.5) is 15.4 Å². The number of phosphoric acid groups is 1. The first-order chi connectivity index (χ1) is 52.4. The second kappa shape index (κ2) is 35.4. The Morgan fingerprint density at radius 1 is 0.442 bits per heavy atom. The summed E-state index contributed by atoms with van der Waals surface area (Å²) in [5, 5.41) is 61.2. The maximum absolute atomic E-state index is 16.7. The van der Waals surface area contributed by atoms with Crippen molar-refractivity contribution in [3.8, 4) is 0 Å². The predicted octanol–water partition coefficient (Wildman–Crippen LogP) is 13.9. The number of aromatic nitrogens is 12. The van der Waals surface area contributed by atoms with Crippen LogP contribution in [0.1, 0.15) is 268 Å². The monoisotopic (exact) mass is 1710 g/mol. The Morgan fingerprint density at radius 3 is 0.850 bits per heavy atom. The molecule has 0 aliphatic carbocycles. The van der Waals surface area contributed by atoms with E-state index >= 15 is 18.9 Å². The molecule has 31 nitrogen and oxygen atoms in total. The van der Waals surface area contributed by atoms with E-state index in [1.54, 1.807) is 56.8 Å². The zero-order valence-electron chi connectivity index (χ0n) is 70.7. The topological polar surface area (TPSA) is 335 Å². The molecular formula is C75H120Cl3N18O13PS3. The van der Waals surface area contributed by atoms with Gasteiger partial charge in [-0.25, -0.2) is 19.5 Å². The number of aliphatic hydroxyl groups is 3. The molecule has 9 rings (SSSR count). The van der Waals surface area contributed by atoms with Gasteiger partial charge in [-0.3, -0.25) is 41.7 Å². The van der Waals surface area contributed by atoms with Crippen molar-refractivity contribution in [1.29, 1.82) is 0 Å². The molecule has 3 aliphatic rings. The molecule has 3 unspecified atom stereocenters. The Kier molecular flexibility index (Phi) is 28.8. The molecular weight excluding hydrogens is 1590 g/mol. The molecule has 3 saturated heterocycles. The van der Waals surface area contributed by atoms with Crippen LogP contribution in [0.2, 0.25) is 15.5 Å². The van der Waals surface area contributed by atoms with Gasteiger partial charge in [-0.15, -0.1) is 30.6 Å². The fourth-order valence-corrected chi connectivity index (χ4v) is 21.1. The molecule has 6 aromatic heterocycles. The van der Waals surface area contributed by atoms with E-state index in [9.17, 15) is 15.3 Å². The summed E-state index contributed by atoms with van der Waals surface area (Å²) in [6.07, 6.45) is -2.61. The van der Waals surface area contributed by atoms with Crippen LogP contribution in [-0.2, 0) is 71.8 Å². The number of imidazole rings is 3. The van der Waals surface area contributed by atoms with Crippen LogP contribution in [0.5, 0.6) is 0 Å². The number of carbonyl (C=O) groups excluding carboxylic acids is 3. The normalized spacial score (nSPS) is 22.6. The van der Waals surface area contributed by atoms with Gasteiger partial charge in [0.25, 0.3) is 17.7 Å². The molecule has 3 aliphatic heterocycles. The lowest BCUT2D eigenvalue weighted by atomic mass is 9.76. The van der Waals surface area contributed by atoms with Gasteiger partial charge in [0.2, 0.25) is 32.9 Å². The van der Waals surface area contributed by atoms with E-state index in [1.165, 1.54) is 47.7 Å². The van der Waals surface area contributed by atoms with Crippen LogP contribution < -0.4 is 14.7 Å². The highest BCUT2D eigenvalue weighted by Gasteiger charge is 2.55. The smallest absolute Gasteiger partial charge is 0.386 e. The van der Waals surface area contributed by atoms with Crippen molar-refractivity contribution >= 4 is 110 Å². The summed E-state index contributed by atoms with van der Waals surface area (Å²) in [5.74, 6) is -2.16. The standard InChI is InChI=1S/C75H120Cl3N18O13PS3/c1-28-43-55(76)79-58(64(100)94(73(16,17)18)46-31-34-88(52(49(46)104-25)70(7,8)9)67-85-82-61(111-67)40(4)97)91(43)37-107-110(103,108-38-92-44(29-2)56(77)80-59(92)65(101)95(74(19,20)21)47-32-35-89(53(50(47)105-26)71(10,11)12)68-86-83-62(112-68)41(5)98)109-39-93-45(30-3)57(78)81-60(93)66(102)96(75(22,23)24)48-33-36-90(54(51(48)106-27)72(13,14)15)69-87-84-63(113-69)42(6)99/h40-42,46-54,97-99H,28-39H2,1-27H3/t40-,41-,42-,46+,47+,48+,49-,50-,51-,52?,53?,54?,110?/m0/s1. The lowest BCUT2D eigenvalue weighted by molar-refractivity contribution is -0.0558. The number of amides is 3. The fraction of sp³-hybridized carbons (Fsp3) is 0.760. The van der Waals surface area contributed by atoms with E-state index < -0.39 is 133 Å². The third kappa shape index (κ3) is 19.3. The number of phosphoric ester groups is 1. The molecule has 12 atom stereocenters. The van der Waals surface area contributed by atoms with Gasteiger partial charge >= 0.3 is 7.82 Å². The summed E-state index contributed by atoms with van der Waals surface area (Å²) in [6.45, 7) is 45.7. The number of hydrogen-bond donors (Lipinski definition) is 3. The maximum Gasteiger partial charge on any atom is 0.480 e. The lowest BCUT2D eigenvalue weighted by Gasteiger charge is -2.54. The quantitative estimate of drug-likeness (QED) is 0.0403. The van der Waals surface area contributed by atoms with E-state index in [0.717, 1.165) is 0 Å². The first-order valence-corrected chi connectivity index (χ1v) is 43.7. The van der Waals surface area contributed by atoms with E-state index in [1.807, 2.05) is 83.1 Å². The molecule has 3 fully saturated rings. The lowest BCUT2D eigenvalue weighted by Crippen LogP contribution is -2.67. The molecule has 38 heteroatoms. The van der Waals surface area contributed by atoms with E-state index in [4.69, 9.17) is 77.5 Å². The Bertz CT molecular complexity index is 3910. The zero-order chi connectivity index (χ0) is 84.2. The van der Waals surface area contributed by atoms with Crippen LogP contribution >= 0.6 is 76.6 Å². The summed E-state index contributed by atoms with van der Waals surface area (Å²) in [7, 11) is -0.367. The number of rotatable bonds is 27. The molecule has 3 amide bonds. The van der Waals surface area contributed by atoms with Gasteiger partial charge in [-0.2, -0.15) is 0 Å². The number of methoxy groups -OCH3 is 3. The maximum atomic E-state index is 16.7. The zero-order valence-corrected chi connectivity index (χ0v) is 76.3. The summed E-state index contributed by atoms with van der Waals surface area (Å²) in [4.78, 5) is 74.5. The Balaban J connectivity index is 1.14. The van der Waals surface area contributed by atoms with Gasteiger partial charge in [0.15, 0.2) is 15.5 Å². The number of piperidine rings is 3. The fourth-order valence-electron chi connectivity index (χ4n) is 16.6. The highest BCUT2D eigenvalue weighted by Crippen LogP contribution is 2.53. The van der Waals surface area contributed by atoms with Crippen molar-refractivity contribution in [1.82, 2.24) is 73.9 Å². The van der Waals surface area contributed by atoms with Crippen LogP contribution in [-0.4, -0.2) is 219 Å². The molecule has 0 saturated carbocycles. The Labute approximate surface area is 692 Å². The van der Waals surface area contributed by atoms with Crippen molar-refractivity contribution in [2.45, 2.75) is 314 Å². The third-order valence-corrected chi connectivity index (χ3v) is 26.8. The minimum Gasteiger partial charge on any atom is -0.386 e. The minimum atomic E-state index is -5.23. The number of anilines is 3.